The minimum Gasteiger partial charge on any atom is -0.411 e. The van der Waals surface area contributed by atoms with Crippen molar-refractivity contribution < 1.29 is 22.8 Å². The second kappa shape index (κ2) is 11.4. The van der Waals surface area contributed by atoms with Crippen LogP contribution in [0.5, 0.6) is 0 Å². The number of halogens is 2. The van der Waals surface area contributed by atoms with Crippen molar-refractivity contribution >= 4 is 35.0 Å². The van der Waals surface area contributed by atoms with Crippen LogP contribution < -0.4 is 10.2 Å². The smallest absolute Gasteiger partial charge is 0.277 e. The highest BCUT2D eigenvalue weighted by molar-refractivity contribution is 7.99. The van der Waals surface area contributed by atoms with Gasteiger partial charge in [-0.25, -0.2) is 8.78 Å². The highest BCUT2D eigenvalue weighted by atomic mass is 32.2. The lowest BCUT2D eigenvalue weighted by Gasteiger charge is -2.36. The van der Waals surface area contributed by atoms with Crippen molar-refractivity contribution in [2.24, 2.45) is 0 Å². The second-order valence-electron chi connectivity index (χ2n) is 8.55. The number of hydrogen-bond donors (Lipinski definition) is 1. The van der Waals surface area contributed by atoms with E-state index in [-0.39, 0.29) is 34.5 Å². The van der Waals surface area contributed by atoms with Gasteiger partial charge in [0.05, 0.1) is 5.75 Å². The zero-order valence-corrected chi connectivity index (χ0v) is 21.0. The Hall–Kier alpha value is -4.25. The Kier molecular flexibility index (Phi) is 7.64. The predicted molar refractivity (Wildman–Crippen MR) is 140 cm³/mol. The summed E-state index contributed by atoms with van der Waals surface area (Å²) in [4.78, 5) is 29.0. The van der Waals surface area contributed by atoms with E-state index in [1.165, 1.54) is 36.4 Å². The van der Waals surface area contributed by atoms with Crippen LogP contribution in [-0.4, -0.2) is 58.8 Å². The first-order valence-electron chi connectivity index (χ1n) is 11.9. The number of carbonyl (C=O) groups excluding carboxylic acids is 2. The summed E-state index contributed by atoms with van der Waals surface area (Å²) in [5.74, 6) is -0.861. The van der Waals surface area contributed by atoms with E-state index < -0.39 is 5.82 Å². The van der Waals surface area contributed by atoms with Gasteiger partial charge in [-0.05, 0) is 66.7 Å². The molecule has 0 aliphatic carbocycles. The van der Waals surface area contributed by atoms with Gasteiger partial charge < -0.3 is 19.5 Å². The van der Waals surface area contributed by atoms with E-state index in [0.717, 1.165) is 17.4 Å². The lowest BCUT2D eigenvalue weighted by Crippen LogP contribution is -2.48. The van der Waals surface area contributed by atoms with Gasteiger partial charge in [0.1, 0.15) is 11.6 Å². The third-order valence-corrected chi connectivity index (χ3v) is 6.80. The molecular formula is C27H23F2N5O3S. The Morgan fingerprint density at radius 3 is 2.34 bits per heavy atom. The Labute approximate surface area is 221 Å². The molecule has 0 spiro atoms. The van der Waals surface area contributed by atoms with Crippen molar-refractivity contribution in [1.82, 2.24) is 15.1 Å². The number of piperazine rings is 1. The van der Waals surface area contributed by atoms with Gasteiger partial charge in [-0.2, -0.15) is 0 Å². The lowest BCUT2D eigenvalue weighted by molar-refractivity contribution is -0.113. The molecular weight excluding hydrogens is 512 g/mol. The standard InChI is InChI=1S/C27H23F2N5O3S/c28-20-6-4-18(5-7-20)26(36)34-14-12-33(13-15-34)23-10-8-22(9-11-23)30-24(35)17-38-27-32-31-25(37-27)19-2-1-3-21(29)16-19/h1-11,16H,12-15,17H2,(H,30,35). The topological polar surface area (TPSA) is 91.6 Å². The van der Waals surface area contributed by atoms with Crippen molar-refractivity contribution in [3.05, 3.63) is 90.0 Å². The molecule has 0 saturated carbocycles. The molecule has 1 N–H and O–H groups in total. The third kappa shape index (κ3) is 6.17. The molecule has 1 aromatic heterocycles. The van der Waals surface area contributed by atoms with E-state index in [9.17, 15) is 18.4 Å². The first kappa shape index (κ1) is 25.4. The number of carbonyl (C=O) groups is 2. The Morgan fingerprint density at radius 1 is 0.895 bits per heavy atom. The van der Waals surface area contributed by atoms with Gasteiger partial charge in [-0.1, -0.05) is 17.8 Å². The molecule has 0 bridgehead atoms. The maximum atomic E-state index is 13.4. The van der Waals surface area contributed by atoms with Crippen LogP contribution in [0.3, 0.4) is 0 Å². The molecule has 0 atom stereocenters. The highest BCUT2D eigenvalue weighted by Gasteiger charge is 2.22. The normalized spacial score (nSPS) is 13.4. The number of nitrogens with one attached hydrogen (secondary N) is 1. The van der Waals surface area contributed by atoms with E-state index in [0.29, 0.717) is 43.0 Å². The fourth-order valence-electron chi connectivity index (χ4n) is 4.03. The summed E-state index contributed by atoms with van der Waals surface area (Å²) in [5, 5.41) is 10.9. The van der Waals surface area contributed by atoms with E-state index in [1.54, 1.807) is 17.0 Å². The lowest BCUT2D eigenvalue weighted by atomic mass is 10.1. The van der Waals surface area contributed by atoms with E-state index >= 15 is 0 Å². The predicted octanol–water partition coefficient (Wildman–Crippen LogP) is 4.71. The number of amides is 2. The van der Waals surface area contributed by atoms with Crippen LogP contribution in [-0.2, 0) is 4.79 Å². The quantitative estimate of drug-likeness (QED) is 0.343. The molecule has 194 valence electrons. The summed E-state index contributed by atoms with van der Waals surface area (Å²) < 4.78 is 32.0. The molecule has 2 amide bonds. The maximum absolute atomic E-state index is 13.4. The van der Waals surface area contributed by atoms with E-state index in [1.807, 2.05) is 24.3 Å². The van der Waals surface area contributed by atoms with Crippen LogP contribution in [0.15, 0.2) is 82.4 Å². The van der Waals surface area contributed by atoms with E-state index in [2.05, 4.69) is 20.4 Å². The number of rotatable bonds is 7. The fourth-order valence-corrected chi connectivity index (χ4v) is 4.59. The molecule has 1 aliphatic rings. The van der Waals surface area contributed by atoms with Crippen molar-refractivity contribution in [3.8, 4) is 11.5 Å². The van der Waals surface area contributed by atoms with Gasteiger partial charge in [0, 0.05) is 48.7 Å². The van der Waals surface area contributed by atoms with Gasteiger partial charge in [0.15, 0.2) is 0 Å². The van der Waals surface area contributed by atoms with Crippen molar-refractivity contribution in [1.29, 1.82) is 0 Å². The van der Waals surface area contributed by atoms with Gasteiger partial charge >= 0.3 is 0 Å². The zero-order chi connectivity index (χ0) is 26.5. The average Bonchev–Trinajstić information content (AvgIpc) is 3.42. The monoisotopic (exact) mass is 535 g/mol. The molecule has 2 heterocycles. The number of nitrogens with zero attached hydrogens (tertiary/aromatic N) is 4. The summed E-state index contributed by atoms with van der Waals surface area (Å²) >= 11 is 1.09. The minimum absolute atomic E-state index is 0.0661. The fraction of sp³-hybridized carbons (Fsp3) is 0.185. The number of hydrogen-bond acceptors (Lipinski definition) is 7. The summed E-state index contributed by atoms with van der Waals surface area (Å²) in [7, 11) is 0. The molecule has 1 saturated heterocycles. The first-order valence-corrected chi connectivity index (χ1v) is 12.8. The van der Waals surface area contributed by atoms with Crippen LogP contribution in [0, 0.1) is 11.6 Å². The first-order chi connectivity index (χ1) is 18.4. The third-order valence-electron chi connectivity index (χ3n) is 5.98. The van der Waals surface area contributed by atoms with Crippen LogP contribution in [0.25, 0.3) is 11.5 Å². The molecule has 38 heavy (non-hydrogen) atoms. The Balaban J connectivity index is 1.09. The molecule has 1 fully saturated rings. The summed E-state index contributed by atoms with van der Waals surface area (Å²) in [5.41, 5.74) is 2.58. The summed E-state index contributed by atoms with van der Waals surface area (Å²) in [6, 6.07) is 18.9. The maximum Gasteiger partial charge on any atom is 0.277 e. The van der Waals surface area contributed by atoms with Crippen LogP contribution in [0.1, 0.15) is 10.4 Å². The van der Waals surface area contributed by atoms with Gasteiger partial charge in [-0.15, -0.1) is 10.2 Å². The average molecular weight is 536 g/mol. The van der Waals surface area contributed by atoms with Gasteiger partial charge in [-0.3, -0.25) is 9.59 Å². The van der Waals surface area contributed by atoms with Crippen molar-refractivity contribution in [3.63, 3.8) is 0 Å². The molecule has 0 radical (unpaired) electrons. The number of benzene rings is 3. The molecule has 4 aromatic rings. The molecule has 5 rings (SSSR count). The number of anilines is 2. The zero-order valence-electron chi connectivity index (χ0n) is 20.1. The second-order valence-corrected chi connectivity index (χ2v) is 9.48. The summed E-state index contributed by atoms with van der Waals surface area (Å²) in [6.45, 7) is 2.44. The number of aromatic nitrogens is 2. The highest BCUT2D eigenvalue weighted by Crippen LogP contribution is 2.24. The van der Waals surface area contributed by atoms with Crippen LogP contribution in [0.2, 0.25) is 0 Å². The largest absolute Gasteiger partial charge is 0.411 e. The Morgan fingerprint density at radius 2 is 1.63 bits per heavy atom. The summed E-state index contributed by atoms with van der Waals surface area (Å²) in [6.07, 6.45) is 0. The van der Waals surface area contributed by atoms with E-state index in [4.69, 9.17) is 4.42 Å². The Bertz CT molecular complexity index is 1420. The molecule has 1 aliphatic heterocycles. The molecule has 8 nitrogen and oxygen atoms in total. The van der Waals surface area contributed by atoms with Crippen LogP contribution in [0.4, 0.5) is 20.2 Å². The van der Waals surface area contributed by atoms with Gasteiger partial charge in [0.25, 0.3) is 11.1 Å². The molecule has 3 aromatic carbocycles. The molecule has 0 unspecified atom stereocenters. The van der Waals surface area contributed by atoms with Gasteiger partial charge in [0.2, 0.25) is 11.8 Å². The SMILES string of the molecule is O=C(CSc1nnc(-c2cccc(F)c2)o1)Nc1ccc(N2CCN(C(=O)c3ccc(F)cc3)CC2)cc1. The van der Waals surface area contributed by atoms with Crippen molar-refractivity contribution in [2.45, 2.75) is 5.22 Å². The number of thioether (sulfide) groups is 1. The minimum atomic E-state index is -0.403. The van der Waals surface area contributed by atoms with Crippen molar-refractivity contribution in [2.75, 3.05) is 42.1 Å². The van der Waals surface area contributed by atoms with Crippen LogP contribution >= 0.6 is 11.8 Å². The molecule has 11 heteroatoms.